The van der Waals surface area contributed by atoms with Gasteiger partial charge in [0, 0.05) is 29.9 Å². The Labute approximate surface area is 180 Å². The lowest BCUT2D eigenvalue weighted by molar-refractivity contribution is 0.171. The molecule has 6 rings (SSSR count). The highest BCUT2D eigenvalue weighted by molar-refractivity contribution is 5.73. The summed E-state index contributed by atoms with van der Waals surface area (Å²) < 4.78 is 22.9. The fourth-order valence-corrected chi connectivity index (χ4v) is 5.44. The second kappa shape index (κ2) is 6.74. The van der Waals surface area contributed by atoms with Crippen molar-refractivity contribution in [1.82, 2.24) is 0 Å². The number of methoxy groups -OCH3 is 1. The van der Waals surface area contributed by atoms with Crippen molar-refractivity contribution in [1.29, 1.82) is 5.26 Å². The quantitative estimate of drug-likeness (QED) is 0.801. The van der Waals surface area contributed by atoms with Crippen molar-refractivity contribution in [2.45, 2.75) is 31.6 Å². The van der Waals surface area contributed by atoms with Gasteiger partial charge in [-0.15, -0.1) is 0 Å². The van der Waals surface area contributed by atoms with E-state index >= 15 is 0 Å². The summed E-state index contributed by atoms with van der Waals surface area (Å²) in [5.74, 6) is 2.41. The molecule has 7 heteroatoms. The molecule has 1 atom stereocenters. The van der Waals surface area contributed by atoms with Crippen molar-refractivity contribution in [2.75, 3.05) is 31.9 Å². The molecule has 0 radical (unpaired) electrons. The summed E-state index contributed by atoms with van der Waals surface area (Å²) in [4.78, 5) is 2.47. The Morgan fingerprint density at radius 1 is 1.13 bits per heavy atom. The lowest BCUT2D eigenvalue weighted by Gasteiger charge is -2.40. The van der Waals surface area contributed by atoms with Gasteiger partial charge in [0.15, 0.2) is 11.5 Å². The normalized spacial score (nSPS) is 20.5. The van der Waals surface area contributed by atoms with E-state index in [-0.39, 0.29) is 18.6 Å². The molecule has 4 aliphatic rings. The van der Waals surface area contributed by atoms with Crippen LogP contribution in [-0.2, 0) is 12.8 Å². The fraction of sp³-hybridized carbons (Fsp3) is 0.375. The van der Waals surface area contributed by atoms with E-state index in [1.807, 2.05) is 12.1 Å². The van der Waals surface area contributed by atoms with E-state index in [4.69, 9.17) is 24.7 Å². The molecule has 1 unspecified atom stereocenters. The molecule has 31 heavy (non-hydrogen) atoms. The third-order valence-corrected chi connectivity index (χ3v) is 6.71. The van der Waals surface area contributed by atoms with E-state index < -0.39 is 0 Å². The molecule has 4 aliphatic heterocycles. The van der Waals surface area contributed by atoms with E-state index in [9.17, 15) is 5.26 Å². The van der Waals surface area contributed by atoms with E-state index in [1.165, 1.54) is 16.8 Å². The third-order valence-electron chi connectivity index (χ3n) is 6.71. The van der Waals surface area contributed by atoms with Crippen LogP contribution in [0.15, 0.2) is 29.7 Å². The molecule has 4 heterocycles. The molecule has 7 nitrogen and oxygen atoms in total. The number of ether oxygens (including phenoxy) is 4. The van der Waals surface area contributed by atoms with Crippen LogP contribution in [0.25, 0.3) is 0 Å². The van der Waals surface area contributed by atoms with Gasteiger partial charge in [-0.1, -0.05) is 0 Å². The predicted molar refractivity (Wildman–Crippen MR) is 114 cm³/mol. The van der Waals surface area contributed by atoms with Crippen molar-refractivity contribution >= 4 is 5.69 Å². The molecule has 0 fully saturated rings. The predicted octanol–water partition coefficient (Wildman–Crippen LogP) is 3.34. The smallest absolute Gasteiger partial charge is 0.231 e. The number of rotatable bonds is 2. The van der Waals surface area contributed by atoms with Gasteiger partial charge in [0.05, 0.1) is 13.0 Å². The van der Waals surface area contributed by atoms with Gasteiger partial charge in [0.1, 0.15) is 17.4 Å². The molecule has 0 amide bonds. The zero-order chi connectivity index (χ0) is 21.1. The van der Waals surface area contributed by atoms with Crippen molar-refractivity contribution in [3.63, 3.8) is 0 Å². The Morgan fingerprint density at radius 3 is 2.77 bits per heavy atom. The first kappa shape index (κ1) is 18.3. The molecule has 2 aromatic carbocycles. The first-order valence-electron chi connectivity index (χ1n) is 10.7. The van der Waals surface area contributed by atoms with Gasteiger partial charge >= 0.3 is 0 Å². The summed E-state index contributed by atoms with van der Waals surface area (Å²) in [6, 6.07) is 8.35. The summed E-state index contributed by atoms with van der Waals surface area (Å²) in [6.07, 6.45) is 4.21. The zero-order valence-electron chi connectivity index (χ0n) is 17.4. The van der Waals surface area contributed by atoms with Crippen LogP contribution >= 0.6 is 0 Å². The van der Waals surface area contributed by atoms with Crippen LogP contribution in [0.3, 0.4) is 0 Å². The maximum atomic E-state index is 9.99. The monoisotopic (exact) mass is 417 g/mol. The molecular weight excluding hydrogens is 394 g/mol. The van der Waals surface area contributed by atoms with E-state index in [0.29, 0.717) is 22.8 Å². The number of nitrogens with two attached hydrogens (primary N) is 1. The summed E-state index contributed by atoms with van der Waals surface area (Å²) in [7, 11) is 1.60. The summed E-state index contributed by atoms with van der Waals surface area (Å²) in [6.45, 7) is 2.31. The van der Waals surface area contributed by atoms with Gasteiger partial charge in [0.2, 0.25) is 18.4 Å². The highest BCUT2D eigenvalue weighted by Crippen LogP contribution is 2.52. The van der Waals surface area contributed by atoms with Gasteiger partial charge in [-0.05, 0) is 55.0 Å². The van der Waals surface area contributed by atoms with Crippen LogP contribution in [0, 0.1) is 11.3 Å². The minimum absolute atomic E-state index is 0.149. The largest absolute Gasteiger partial charge is 0.493 e. The number of hydrogen-bond acceptors (Lipinski definition) is 7. The molecule has 0 saturated carbocycles. The number of anilines is 1. The molecule has 158 valence electrons. The van der Waals surface area contributed by atoms with Crippen LogP contribution < -0.4 is 29.6 Å². The molecule has 0 aliphatic carbocycles. The SMILES string of the molecule is COc1cc(C2C(C#N)=C(N)Oc3c2cc2c4c3CCCN4CCC2)cc2c1OCO2. The maximum absolute atomic E-state index is 9.99. The van der Waals surface area contributed by atoms with Crippen LogP contribution in [0.5, 0.6) is 23.0 Å². The van der Waals surface area contributed by atoms with Gasteiger partial charge in [-0.3, -0.25) is 0 Å². The Hall–Kier alpha value is -3.53. The molecule has 0 aromatic heterocycles. The topological polar surface area (TPSA) is 90.0 Å². The summed E-state index contributed by atoms with van der Waals surface area (Å²) >= 11 is 0. The summed E-state index contributed by atoms with van der Waals surface area (Å²) in [5, 5.41) is 9.99. The number of hydrogen-bond donors (Lipinski definition) is 1. The highest BCUT2D eigenvalue weighted by Gasteiger charge is 2.37. The van der Waals surface area contributed by atoms with Gasteiger partial charge in [0.25, 0.3) is 0 Å². The number of benzene rings is 2. The van der Waals surface area contributed by atoms with Crippen molar-refractivity contribution in [2.24, 2.45) is 5.73 Å². The number of nitrogens with zero attached hydrogens (tertiary/aromatic N) is 2. The third kappa shape index (κ3) is 2.57. The van der Waals surface area contributed by atoms with E-state index in [0.717, 1.165) is 55.6 Å². The maximum Gasteiger partial charge on any atom is 0.231 e. The average molecular weight is 417 g/mol. The second-order valence-corrected chi connectivity index (χ2v) is 8.36. The standard InChI is InChI=1S/C24H23N3O4/c1-28-18-9-14(10-19-23(18)30-12-29-19)20-16-8-13-4-2-6-27-7-3-5-15(21(13)27)22(16)31-24(26)17(20)11-25/h8-10,20H,2-7,12,26H2,1H3. The minimum atomic E-state index is -0.351. The van der Waals surface area contributed by atoms with E-state index in [2.05, 4.69) is 17.0 Å². The van der Waals surface area contributed by atoms with Crippen molar-refractivity contribution in [3.05, 3.63) is 51.9 Å². The highest BCUT2D eigenvalue weighted by atomic mass is 16.7. The Bertz CT molecular complexity index is 1180. The Kier molecular flexibility index (Phi) is 3.97. The van der Waals surface area contributed by atoms with Crippen LogP contribution in [0.1, 0.15) is 41.0 Å². The van der Waals surface area contributed by atoms with Crippen LogP contribution in [0.2, 0.25) is 0 Å². The molecule has 0 spiro atoms. The Morgan fingerprint density at radius 2 is 1.97 bits per heavy atom. The second-order valence-electron chi connectivity index (χ2n) is 8.36. The summed E-state index contributed by atoms with van der Waals surface area (Å²) in [5.41, 5.74) is 12.4. The van der Waals surface area contributed by atoms with Crippen molar-refractivity contribution in [3.8, 4) is 29.1 Å². The van der Waals surface area contributed by atoms with Gasteiger partial charge < -0.3 is 29.6 Å². The van der Waals surface area contributed by atoms with Crippen LogP contribution in [-0.4, -0.2) is 27.0 Å². The van der Waals surface area contributed by atoms with E-state index in [1.54, 1.807) is 7.11 Å². The number of aryl methyl sites for hydroxylation is 1. The number of allylic oxidation sites excluding steroid dienone is 1. The number of nitriles is 1. The molecule has 2 aromatic rings. The lowest BCUT2D eigenvalue weighted by atomic mass is 9.79. The fourth-order valence-electron chi connectivity index (χ4n) is 5.44. The van der Waals surface area contributed by atoms with Gasteiger partial charge in [-0.25, -0.2) is 0 Å². The lowest BCUT2D eigenvalue weighted by Crippen LogP contribution is -2.35. The first-order valence-corrected chi connectivity index (χ1v) is 10.7. The van der Waals surface area contributed by atoms with Crippen molar-refractivity contribution < 1.29 is 18.9 Å². The van der Waals surface area contributed by atoms with Gasteiger partial charge in [-0.2, -0.15) is 5.26 Å². The number of fused-ring (bicyclic) bond motifs is 3. The molecule has 0 saturated heterocycles. The zero-order valence-corrected chi connectivity index (χ0v) is 17.4. The Balaban J connectivity index is 1.60. The van der Waals surface area contributed by atoms with Crippen LogP contribution in [0.4, 0.5) is 5.69 Å². The average Bonchev–Trinajstić information content (AvgIpc) is 3.27. The minimum Gasteiger partial charge on any atom is -0.493 e. The molecule has 2 N–H and O–H groups in total. The first-order chi connectivity index (χ1) is 15.2. The molecule has 0 bridgehead atoms. The molecular formula is C24H23N3O4.